The third-order valence-corrected chi connectivity index (χ3v) is 5.15. The molecule has 0 bridgehead atoms. The molecule has 0 aromatic heterocycles. The van der Waals surface area contributed by atoms with Crippen LogP contribution in [0.3, 0.4) is 0 Å². The van der Waals surface area contributed by atoms with Crippen LogP contribution in [0.5, 0.6) is 0 Å². The van der Waals surface area contributed by atoms with Gasteiger partial charge in [0.1, 0.15) is 0 Å². The van der Waals surface area contributed by atoms with E-state index in [1.54, 1.807) is 0 Å². The van der Waals surface area contributed by atoms with Gasteiger partial charge in [0, 0.05) is 19.5 Å². The molecule has 19 heavy (non-hydrogen) atoms. The number of aliphatic carboxylic acids is 1. The summed E-state index contributed by atoms with van der Waals surface area (Å²) >= 11 is 0. The molecule has 104 valence electrons. The second-order valence-corrected chi connectivity index (χ2v) is 6.31. The number of rotatable bonds is 3. The van der Waals surface area contributed by atoms with Crippen molar-refractivity contribution in [2.45, 2.75) is 38.5 Å². The summed E-state index contributed by atoms with van der Waals surface area (Å²) in [6.07, 6.45) is 9.70. The average Bonchev–Trinajstić information content (AvgIpc) is 2.84. The van der Waals surface area contributed by atoms with Crippen LogP contribution in [0, 0.1) is 17.3 Å². The molecule has 1 saturated heterocycles. The minimum absolute atomic E-state index is 0.0237. The topological polar surface area (TPSA) is 57.6 Å². The predicted molar refractivity (Wildman–Crippen MR) is 70.5 cm³/mol. The van der Waals surface area contributed by atoms with Crippen LogP contribution in [0.1, 0.15) is 38.5 Å². The number of carbonyl (C=O) groups excluding carboxylic acids is 1. The molecule has 2 fully saturated rings. The molecule has 3 aliphatic rings. The molecule has 1 saturated carbocycles. The number of carboxylic acids is 1. The van der Waals surface area contributed by atoms with Gasteiger partial charge >= 0.3 is 5.97 Å². The summed E-state index contributed by atoms with van der Waals surface area (Å²) in [5, 5.41) is 9.05. The van der Waals surface area contributed by atoms with E-state index >= 15 is 0 Å². The number of piperidine rings is 1. The number of allylic oxidation sites excluding steroid dienone is 2. The van der Waals surface area contributed by atoms with Crippen LogP contribution in [-0.2, 0) is 9.59 Å². The standard InChI is InChI=1S/C15H21NO3/c17-13(9-11-3-1-2-4-11)16-7-5-15(6-8-16)10-12(15)14(18)19/h1,3,11-12H,2,4-10H2,(H,18,19)/t11-,12+/m1/s1. The van der Waals surface area contributed by atoms with Gasteiger partial charge in [0.25, 0.3) is 0 Å². The summed E-state index contributed by atoms with van der Waals surface area (Å²) in [6.45, 7) is 1.50. The fourth-order valence-corrected chi connectivity index (χ4v) is 3.67. The lowest BCUT2D eigenvalue weighted by molar-refractivity contribution is -0.139. The summed E-state index contributed by atoms with van der Waals surface area (Å²) in [5.41, 5.74) is 0.0237. The van der Waals surface area contributed by atoms with Crippen molar-refractivity contribution in [3.8, 4) is 0 Å². The predicted octanol–water partition coefficient (Wildman–Crippen LogP) is 2.06. The van der Waals surface area contributed by atoms with E-state index in [1.165, 1.54) is 0 Å². The zero-order valence-electron chi connectivity index (χ0n) is 11.2. The third kappa shape index (κ3) is 2.40. The van der Waals surface area contributed by atoms with Gasteiger partial charge in [-0.15, -0.1) is 0 Å². The molecule has 0 aromatic rings. The fourth-order valence-electron chi connectivity index (χ4n) is 3.67. The monoisotopic (exact) mass is 263 g/mol. The highest BCUT2D eigenvalue weighted by Gasteiger charge is 2.59. The first-order valence-corrected chi connectivity index (χ1v) is 7.28. The molecule has 2 aliphatic carbocycles. The van der Waals surface area contributed by atoms with Crippen LogP contribution in [0.4, 0.5) is 0 Å². The molecule has 1 amide bonds. The maximum atomic E-state index is 12.2. The normalized spacial score (nSPS) is 31.7. The average molecular weight is 263 g/mol. The van der Waals surface area contributed by atoms with E-state index in [4.69, 9.17) is 5.11 Å². The van der Waals surface area contributed by atoms with Crippen molar-refractivity contribution in [1.82, 2.24) is 4.90 Å². The maximum absolute atomic E-state index is 12.2. The molecule has 4 heteroatoms. The van der Waals surface area contributed by atoms with Crippen molar-refractivity contribution in [1.29, 1.82) is 0 Å². The Balaban J connectivity index is 1.49. The van der Waals surface area contributed by atoms with Gasteiger partial charge in [-0.05, 0) is 43.4 Å². The smallest absolute Gasteiger partial charge is 0.307 e. The molecule has 0 radical (unpaired) electrons. The van der Waals surface area contributed by atoms with Crippen molar-refractivity contribution in [2.24, 2.45) is 17.3 Å². The van der Waals surface area contributed by atoms with E-state index in [0.29, 0.717) is 12.3 Å². The molecule has 2 atom stereocenters. The number of nitrogens with zero attached hydrogens (tertiary/aromatic N) is 1. The summed E-state index contributed by atoms with van der Waals surface area (Å²) in [6, 6.07) is 0. The Hall–Kier alpha value is -1.32. The molecule has 1 aliphatic heterocycles. The van der Waals surface area contributed by atoms with Crippen LogP contribution in [-0.4, -0.2) is 35.0 Å². The Kier molecular flexibility index (Phi) is 3.11. The van der Waals surface area contributed by atoms with Crippen LogP contribution in [0.2, 0.25) is 0 Å². The number of amides is 1. The number of carbonyl (C=O) groups is 2. The van der Waals surface area contributed by atoms with Crippen molar-refractivity contribution in [3.05, 3.63) is 12.2 Å². The summed E-state index contributed by atoms with van der Waals surface area (Å²) in [4.78, 5) is 25.1. The molecule has 0 unspecified atom stereocenters. The lowest BCUT2D eigenvalue weighted by atomic mass is 9.90. The Morgan fingerprint density at radius 3 is 2.58 bits per heavy atom. The Labute approximate surface area is 113 Å². The van der Waals surface area contributed by atoms with E-state index in [0.717, 1.165) is 45.2 Å². The number of carboxylic acid groups (broad SMARTS) is 1. The third-order valence-electron chi connectivity index (χ3n) is 5.15. The van der Waals surface area contributed by atoms with Gasteiger partial charge in [0.15, 0.2) is 0 Å². The quantitative estimate of drug-likeness (QED) is 0.793. The Morgan fingerprint density at radius 2 is 2.05 bits per heavy atom. The molecule has 3 rings (SSSR count). The van der Waals surface area contributed by atoms with Crippen LogP contribution in [0.25, 0.3) is 0 Å². The van der Waals surface area contributed by atoms with E-state index in [9.17, 15) is 9.59 Å². The summed E-state index contributed by atoms with van der Waals surface area (Å²) in [7, 11) is 0. The minimum Gasteiger partial charge on any atom is -0.481 e. The molecule has 4 nitrogen and oxygen atoms in total. The first kappa shape index (κ1) is 12.7. The summed E-state index contributed by atoms with van der Waals surface area (Å²) < 4.78 is 0. The highest BCUT2D eigenvalue weighted by atomic mass is 16.4. The number of hydrogen-bond donors (Lipinski definition) is 1. The molecule has 1 heterocycles. The van der Waals surface area contributed by atoms with Gasteiger partial charge < -0.3 is 10.0 Å². The van der Waals surface area contributed by atoms with Gasteiger partial charge in [0.2, 0.25) is 5.91 Å². The van der Waals surface area contributed by atoms with Gasteiger partial charge in [-0.1, -0.05) is 12.2 Å². The van der Waals surface area contributed by atoms with E-state index in [1.807, 2.05) is 4.90 Å². The summed E-state index contributed by atoms with van der Waals surface area (Å²) in [5.74, 6) is -0.131. The van der Waals surface area contributed by atoms with Crippen molar-refractivity contribution >= 4 is 11.9 Å². The highest BCUT2D eigenvalue weighted by molar-refractivity contribution is 5.77. The van der Waals surface area contributed by atoms with Gasteiger partial charge in [-0.25, -0.2) is 0 Å². The highest BCUT2D eigenvalue weighted by Crippen LogP contribution is 2.59. The van der Waals surface area contributed by atoms with Crippen molar-refractivity contribution in [3.63, 3.8) is 0 Å². The molecule has 1 spiro atoms. The SMILES string of the molecule is O=C(O)[C@@H]1CC12CCN(C(=O)C[C@@H]1C=CCC1)CC2. The Morgan fingerprint density at radius 1 is 1.32 bits per heavy atom. The fraction of sp³-hybridized carbons (Fsp3) is 0.733. The molecular weight excluding hydrogens is 242 g/mol. The van der Waals surface area contributed by atoms with E-state index in [-0.39, 0.29) is 17.2 Å². The first-order valence-electron chi connectivity index (χ1n) is 7.28. The number of likely N-dealkylation sites (tertiary alicyclic amines) is 1. The van der Waals surface area contributed by atoms with Crippen molar-refractivity contribution < 1.29 is 14.7 Å². The van der Waals surface area contributed by atoms with Crippen molar-refractivity contribution in [2.75, 3.05) is 13.1 Å². The lowest BCUT2D eigenvalue weighted by Gasteiger charge is -2.33. The second-order valence-electron chi connectivity index (χ2n) is 6.31. The Bertz CT molecular complexity index is 421. The van der Waals surface area contributed by atoms with Gasteiger partial charge in [0.05, 0.1) is 5.92 Å². The van der Waals surface area contributed by atoms with E-state index < -0.39 is 5.97 Å². The van der Waals surface area contributed by atoms with Crippen LogP contribution in [0.15, 0.2) is 12.2 Å². The zero-order valence-corrected chi connectivity index (χ0v) is 11.2. The zero-order chi connectivity index (χ0) is 13.5. The minimum atomic E-state index is -0.657. The van der Waals surface area contributed by atoms with Gasteiger partial charge in [-0.2, -0.15) is 0 Å². The van der Waals surface area contributed by atoms with Crippen LogP contribution < -0.4 is 0 Å². The largest absolute Gasteiger partial charge is 0.481 e. The molecular formula is C15H21NO3. The lowest BCUT2D eigenvalue weighted by Crippen LogP contribution is -2.40. The van der Waals surface area contributed by atoms with Crippen LogP contribution >= 0.6 is 0 Å². The molecule has 1 N–H and O–H groups in total. The van der Waals surface area contributed by atoms with Gasteiger partial charge in [-0.3, -0.25) is 9.59 Å². The number of hydrogen-bond acceptors (Lipinski definition) is 2. The second kappa shape index (κ2) is 4.66. The first-order chi connectivity index (χ1) is 9.11. The maximum Gasteiger partial charge on any atom is 0.307 e. The molecule has 0 aromatic carbocycles. The van der Waals surface area contributed by atoms with E-state index in [2.05, 4.69) is 12.2 Å².